The largest absolute Gasteiger partial charge is 0.352 e. The Balaban J connectivity index is 1.48. The summed E-state index contributed by atoms with van der Waals surface area (Å²) in [5, 5.41) is 2.94. The highest BCUT2D eigenvalue weighted by Gasteiger charge is 2.25. The SMILES string of the molecule is CC(C)c1ccc(CCCNC(=O)c2ccc(N3CCCCS3(=O)=O)cc2)cc1. The van der Waals surface area contributed by atoms with Gasteiger partial charge in [-0.2, -0.15) is 0 Å². The number of anilines is 1. The van der Waals surface area contributed by atoms with Crippen molar-refractivity contribution < 1.29 is 13.2 Å². The second-order valence-electron chi connectivity index (χ2n) is 7.90. The molecule has 0 aliphatic carbocycles. The van der Waals surface area contributed by atoms with E-state index in [9.17, 15) is 13.2 Å². The van der Waals surface area contributed by atoms with Crippen LogP contribution in [0.25, 0.3) is 0 Å². The summed E-state index contributed by atoms with van der Waals surface area (Å²) in [5.41, 5.74) is 3.79. The van der Waals surface area contributed by atoms with Crippen molar-refractivity contribution in [2.45, 2.75) is 45.4 Å². The normalized spacial score (nSPS) is 16.0. The molecule has 0 atom stereocenters. The molecule has 3 rings (SSSR count). The number of hydrogen-bond donors (Lipinski definition) is 1. The first-order valence-electron chi connectivity index (χ1n) is 10.3. The summed E-state index contributed by atoms with van der Waals surface area (Å²) in [4.78, 5) is 12.3. The first-order valence-corrected chi connectivity index (χ1v) is 12.0. The van der Waals surface area contributed by atoms with Crippen LogP contribution in [0.1, 0.15) is 60.5 Å². The van der Waals surface area contributed by atoms with E-state index >= 15 is 0 Å². The summed E-state index contributed by atoms with van der Waals surface area (Å²) >= 11 is 0. The lowest BCUT2D eigenvalue weighted by Gasteiger charge is -2.28. The van der Waals surface area contributed by atoms with E-state index in [1.54, 1.807) is 24.3 Å². The molecule has 0 saturated carbocycles. The van der Waals surface area contributed by atoms with Gasteiger partial charge in [-0.15, -0.1) is 0 Å². The molecule has 0 bridgehead atoms. The predicted octanol–water partition coefficient (Wildman–Crippen LogP) is 4.10. The third-order valence-electron chi connectivity index (χ3n) is 5.34. The monoisotopic (exact) mass is 414 g/mol. The maximum Gasteiger partial charge on any atom is 0.251 e. The van der Waals surface area contributed by atoms with Gasteiger partial charge in [0, 0.05) is 18.7 Å². The highest BCUT2D eigenvalue weighted by molar-refractivity contribution is 7.92. The third kappa shape index (κ3) is 5.60. The van der Waals surface area contributed by atoms with Gasteiger partial charge in [0.25, 0.3) is 5.91 Å². The van der Waals surface area contributed by atoms with Gasteiger partial charge in [0.05, 0.1) is 11.4 Å². The van der Waals surface area contributed by atoms with Crippen LogP contribution in [-0.4, -0.2) is 33.2 Å². The Morgan fingerprint density at radius 1 is 1.03 bits per heavy atom. The molecule has 0 aromatic heterocycles. The van der Waals surface area contributed by atoms with Crippen LogP contribution in [0.5, 0.6) is 0 Å². The summed E-state index contributed by atoms with van der Waals surface area (Å²) in [5.74, 6) is 0.591. The molecule has 6 heteroatoms. The fourth-order valence-corrected chi connectivity index (χ4v) is 5.16. The zero-order valence-electron chi connectivity index (χ0n) is 17.2. The van der Waals surface area contributed by atoms with Crippen molar-refractivity contribution in [1.82, 2.24) is 5.32 Å². The smallest absolute Gasteiger partial charge is 0.251 e. The molecule has 2 aromatic carbocycles. The van der Waals surface area contributed by atoms with Gasteiger partial charge < -0.3 is 5.32 Å². The van der Waals surface area contributed by atoms with Gasteiger partial charge in [-0.25, -0.2) is 8.42 Å². The standard InChI is InChI=1S/C23H30N2O3S/c1-18(2)20-9-7-19(8-10-20)6-5-15-24-23(26)21-11-13-22(14-12-21)25-16-3-4-17-29(25,27)28/h7-14,18H,3-6,15-17H2,1-2H3,(H,24,26). The molecule has 29 heavy (non-hydrogen) atoms. The first kappa shape index (κ1) is 21.4. The Bertz CT molecular complexity index is 920. The minimum Gasteiger partial charge on any atom is -0.352 e. The number of amides is 1. The van der Waals surface area contributed by atoms with E-state index in [0.717, 1.165) is 19.3 Å². The van der Waals surface area contributed by atoms with E-state index in [1.165, 1.54) is 15.4 Å². The summed E-state index contributed by atoms with van der Waals surface area (Å²) in [6.07, 6.45) is 3.37. The Morgan fingerprint density at radius 2 is 1.72 bits per heavy atom. The summed E-state index contributed by atoms with van der Waals surface area (Å²) in [6, 6.07) is 15.5. The zero-order valence-corrected chi connectivity index (χ0v) is 18.0. The number of hydrogen-bond acceptors (Lipinski definition) is 3. The number of rotatable bonds is 7. The molecule has 1 N–H and O–H groups in total. The van der Waals surface area contributed by atoms with E-state index in [2.05, 4.69) is 43.4 Å². The van der Waals surface area contributed by atoms with Gasteiger partial charge in [0.1, 0.15) is 0 Å². The Labute approximate surface area is 174 Å². The molecule has 0 radical (unpaired) electrons. The van der Waals surface area contributed by atoms with E-state index < -0.39 is 10.0 Å². The number of benzene rings is 2. The van der Waals surface area contributed by atoms with Crippen molar-refractivity contribution in [3.05, 3.63) is 65.2 Å². The molecule has 0 unspecified atom stereocenters. The Hall–Kier alpha value is -2.34. The molecule has 1 heterocycles. The van der Waals surface area contributed by atoms with Crippen molar-refractivity contribution in [1.29, 1.82) is 0 Å². The van der Waals surface area contributed by atoms with Gasteiger partial charge in [0.15, 0.2) is 0 Å². The lowest BCUT2D eigenvalue weighted by atomic mass is 10.0. The van der Waals surface area contributed by atoms with Crippen LogP contribution in [0.2, 0.25) is 0 Å². The minimum absolute atomic E-state index is 0.131. The highest BCUT2D eigenvalue weighted by Crippen LogP contribution is 2.23. The number of carbonyl (C=O) groups is 1. The molecule has 0 spiro atoms. The number of nitrogens with one attached hydrogen (secondary N) is 1. The van der Waals surface area contributed by atoms with Crippen molar-refractivity contribution in [3.63, 3.8) is 0 Å². The molecule has 1 aliphatic rings. The lowest BCUT2D eigenvalue weighted by Crippen LogP contribution is -2.37. The van der Waals surface area contributed by atoms with Crippen LogP contribution in [0, 0.1) is 0 Å². The van der Waals surface area contributed by atoms with Crippen LogP contribution >= 0.6 is 0 Å². The first-order chi connectivity index (χ1) is 13.9. The molecular weight excluding hydrogens is 384 g/mol. The van der Waals surface area contributed by atoms with Crippen LogP contribution in [0.4, 0.5) is 5.69 Å². The fraction of sp³-hybridized carbons (Fsp3) is 0.435. The number of nitrogens with zero attached hydrogens (tertiary/aromatic N) is 1. The maximum absolute atomic E-state index is 12.3. The third-order valence-corrected chi connectivity index (χ3v) is 7.21. The van der Waals surface area contributed by atoms with Crippen LogP contribution in [-0.2, 0) is 16.4 Å². The second-order valence-corrected chi connectivity index (χ2v) is 9.91. The van der Waals surface area contributed by atoms with E-state index in [1.807, 2.05) is 0 Å². The van der Waals surface area contributed by atoms with Crippen LogP contribution in [0.15, 0.2) is 48.5 Å². The molecular formula is C23H30N2O3S. The van der Waals surface area contributed by atoms with Crippen LogP contribution < -0.4 is 9.62 Å². The summed E-state index contributed by atoms with van der Waals surface area (Å²) in [6.45, 7) is 5.48. The van der Waals surface area contributed by atoms with Crippen molar-refractivity contribution in [2.24, 2.45) is 0 Å². The van der Waals surface area contributed by atoms with Gasteiger partial charge in [-0.05, 0) is 67.0 Å². The number of aryl methyl sites for hydroxylation is 1. The maximum atomic E-state index is 12.3. The molecule has 1 aliphatic heterocycles. The van der Waals surface area contributed by atoms with Crippen molar-refractivity contribution >= 4 is 21.6 Å². The zero-order chi connectivity index (χ0) is 20.9. The van der Waals surface area contributed by atoms with E-state index in [4.69, 9.17) is 0 Å². The van der Waals surface area contributed by atoms with Crippen molar-refractivity contribution in [2.75, 3.05) is 23.1 Å². The highest BCUT2D eigenvalue weighted by atomic mass is 32.2. The fourth-order valence-electron chi connectivity index (χ4n) is 3.52. The number of sulfonamides is 1. The molecule has 1 amide bonds. The van der Waals surface area contributed by atoms with Crippen LogP contribution in [0.3, 0.4) is 0 Å². The summed E-state index contributed by atoms with van der Waals surface area (Å²) in [7, 11) is -3.23. The van der Waals surface area contributed by atoms with Gasteiger partial charge in [-0.1, -0.05) is 38.1 Å². The minimum atomic E-state index is -3.23. The van der Waals surface area contributed by atoms with Gasteiger partial charge >= 0.3 is 0 Å². The van der Waals surface area contributed by atoms with E-state index in [-0.39, 0.29) is 11.7 Å². The number of carbonyl (C=O) groups excluding carboxylic acids is 1. The second kappa shape index (κ2) is 9.44. The van der Waals surface area contributed by atoms with Gasteiger partial charge in [-0.3, -0.25) is 9.10 Å². The Kier molecular flexibility index (Phi) is 6.96. The average Bonchev–Trinajstić information content (AvgIpc) is 2.71. The van der Waals surface area contributed by atoms with E-state index in [0.29, 0.717) is 36.7 Å². The summed E-state index contributed by atoms with van der Waals surface area (Å²) < 4.78 is 25.8. The topological polar surface area (TPSA) is 66.5 Å². The molecule has 1 fully saturated rings. The average molecular weight is 415 g/mol. The quantitative estimate of drug-likeness (QED) is 0.694. The van der Waals surface area contributed by atoms with Crippen molar-refractivity contribution in [3.8, 4) is 0 Å². The molecule has 1 saturated heterocycles. The predicted molar refractivity (Wildman–Crippen MR) is 118 cm³/mol. The van der Waals surface area contributed by atoms with Gasteiger partial charge in [0.2, 0.25) is 10.0 Å². The molecule has 2 aromatic rings. The molecule has 156 valence electrons. The lowest BCUT2D eigenvalue weighted by molar-refractivity contribution is 0.0953. The Morgan fingerprint density at radius 3 is 2.34 bits per heavy atom. The molecule has 5 nitrogen and oxygen atoms in total.